The summed E-state index contributed by atoms with van der Waals surface area (Å²) < 4.78 is 13.7. The fourth-order valence-corrected chi connectivity index (χ4v) is 2.06. The second-order valence-corrected chi connectivity index (χ2v) is 4.99. The normalized spacial score (nSPS) is 16.4. The van der Waals surface area contributed by atoms with E-state index in [1.807, 2.05) is 13.0 Å². The largest absolute Gasteiger partial charge is 0.345 e. The number of allylic oxidation sites excluding steroid dienone is 1. The highest BCUT2D eigenvalue weighted by atomic mass is 19.1. The van der Waals surface area contributed by atoms with Gasteiger partial charge in [0.05, 0.1) is 6.04 Å². The molecule has 1 N–H and O–H groups in total. The Balaban J connectivity index is 2.12. The SMILES string of the molecule is CC[C@@H](NC(=O)/C(C#N)=C\C1CC1)c1ccccc1F. The lowest BCUT2D eigenvalue weighted by atomic mass is 10.0. The minimum absolute atomic E-state index is 0.127. The van der Waals surface area contributed by atoms with Crippen LogP contribution in [0.2, 0.25) is 0 Å². The van der Waals surface area contributed by atoms with Gasteiger partial charge in [0.25, 0.3) is 5.91 Å². The molecular formula is C16H17FN2O. The molecule has 2 rings (SSSR count). The summed E-state index contributed by atoms with van der Waals surface area (Å²) in [5.74, 6) is -0.414. The Kier molecular flexibility index (Phi) is 4.52. The first-order valence-corrected chi connectivity index (χ1v) is 6.83. The Labute approximate surface area is 118 Å². The van der Waals surface area contributed by atoms with Crippen molar-refractivity contribution < 1.29 is 9.18 Å². The summed E-state index contributed by atoms with van der Waals surface area (Å²) in [5.41, 5.74) is 0.578. The van der Waals surface area contributed by atoms with Gasteiger partial charge in [-0.05, 0) is 31.2 Å². The van der Waals surface area contributed by atoms with E-state index in [0.29, 0.717) is 17.9 Å². The number of benzene rings is 1. The maximum absolute atomic E-state index is 13.7. The molecule has 1 amide bonds. The van der Waals surface area contributed by atoms with Gasteiger partial charge in [-0.3, -0.25) is 4.79 Å². The Morgan fingerprint density at radius 3 is 2.80 bits per heavy atom. The topological polar surface area (TPSA) is 52.9 Å². The van der Waals surface area contributed by atoms with Gasteiger partial charge in [-0.1, -0.05) is 31.2 Å². The number of hydrogen-bond donors (Lipinski definition) is 1. The van der Waals surface area contributed by atoms with Crippen LogP contribution in [0.3, 0.4) is 0 Å². The lowest BCUT2D eigenvalue weighted by Crippen LogP contribution is -2.29. The van der Waals surface area contributed by atoms with Crippen LogP contribution in [0, 0.1) is 23.1 Å². The van der Waals surface area contributed by atoms with Crippen LogP contribution in [0.4, 0.5) is 4.39 Å². The van der Waals surface area contributed by atoms with Crippen LogP contribution in [0.5, 0.6) is 0 Å². The number of hydrogen-bond acceptors (Lipinski definition) is 2. The first-order chi connectivity index (χ1) is 9.65. The van der Waals surface area contributed by atoms with Gasteiger partial charge in [0.1, 0.15) is 17.5 Å². The van der Waals surface area contributed by atoms with Crippen LogP contribution in [-0.4, -0.2) is 5.91 Å². The van der Waals surface area contributed by atoms with Crippen LogP contribution < -0.4 is 5.32 Å². The van der Waals surface area contributed by atoms with E-state index < -0.39 is 11.9 Å². The van der Waals surface area contributed by atoms with Crippen LogP contribution in [0.15, 0.2) is 35.9 Å². The second kappa shape index (κ2) is 6.33. The summed E-state index contributed by atoms with van der Waals surface area (Å²) in [7, 11) is 0. The quantitative estimate of drug-likeness (QED) is 0.660. The maximum atomic E-state index is 13.7. The molecule has 0 radical (unpaired) electrons. The zero-order chi connectivity index (χ0) is 14.5. The molecule has 1 aromatic rings. The molecule has 104 valence electrons. The average molecular weight is 272 g/mol. The van der Waals surface area contributed by atoms with E-state index in [1.165, 1.54) is 6.07 Å². The standard InChI is InChI=1S/C16H17FN2O/c1-2-15(13-5-3-4-6-14(13)17)19-16(20)12(10-18)9-11-7-8-11/h3-6,9,11,15H,2,7-8H2,1H3,(H,19,20)/b12-9-/t15-/m1/s1. The van der Waals surface area contributed by atoms with Crippen molar-refractivity contribution in [3.63, 3.8) is 0 Å². The molecule has 1 atom stereocenters. The minimum Gasteiger partial charge on any atom is -0.345 e. The van der Waals surface area contributed by atoms with E-state index in [1.54, 1.807) is 24.3 Å². The van der Waals surface area contributed by atoms with E-state index in [9.17, 15) is 9.18 Å². The number of halogens is 1. The van der Waals surface area contributed by atoms with Gasteiger partial charge >= 0.3 is 0 Å². The number of amides is 1. The molecule has 1 aliphatic rings. The average Bonchev–Trinajstić information content (AvgIpc) is 3.27. The van der Waals surface area contributed by atoms with E-state index in [2.05, 4.69) is 5.32 Å². The molecule has 1 saturated carbocycles. The molecule has 0 saturated heterocycles. The molecule has 0 aliphatic heterocycles. The summed E-state index contributed by atoms with van der Waals surface area (Å²) >= 11 is 0. The lowest BCUT2D eigenvalue weighted by Gasteiger charge is -2.17. The van der Waals surface area contributed by atoms with Crippen LogP contribution in [-0.2, 0) is 4.79 Å². The first kappa shape index (κ1) is 14.3. The predicted octanol–water partition coefficient (Wildman–Crippen LogP) is 3.25. The van der Waals surface area contributed by atoms with E-state index in [0.717, 1.165) is 12.8 Å². The van der Waals surface area contributed by atoms with Crippen LogP contribution in [0.25, 0.3) is 0 Å². The van der Waals surface area contributed by atoms with Gasteiger partial charge in [0, 0.05) is 5.56 Å². The fraction of sp³-hybridized carbons (Fsp3) is 0.375. The highest BCUT2D eigenvalue weighted by Gasteiger charge is 2.23. The summed E-state index contributed by atoms with van der Waals surface area (Å²) in [6, 6.07) is 7.88. The van der Waals surface area contributed by atoms with Crippen molar-refractivity contribution in [1.82, 2.24) is 5.32 Å². The smallest absolute Gasteiger partial charge is 0.262 e. The highest BCUT2D eigenvalue weighted by molar-refractivity contribution is 5.97. The summed E-state index contributed by atoms with van der Waals surface area (Å²) in [4.78, 5) is 12.1. The van der Waals surface area contributed by atoms with Crippen LogP contribution >= 0.6 is 0 Å². The Hall–Kier alpha value is -2.15. The summed E-state index contributed by atoms with van der Waals surface area (Å²) in [5, 5.41) is 11.8. The molecule has 0 aromatic heterocycles. The highest BCUT2D eigenvalue weighted by Crippen LogP contribution is 2.31. The number of carbonyl (C=O) groups excluding carboxylic acids is 1. The zero-order valence-corrected chi connectivity index (χ0v) is 11.4. The third kappa shape index (κ3) is 3.45. The van der Waals surface area contributed by atoms with Gasteiger partial charge in [0.2, 0.25) is 0 Å². The first-order valence-electron chi connectivity index (χ1n) is 6.83. The predicted molar refractivity (Wildman–Crippen MR) is 74.0 cm³/mol. The monoisotopic (exact) mass is 272 g/mol. The molecule has 0 bridgehead atoms. The molecule has 1 fully saturated rings. The van der Waals surface area contributed by atoms with Crippen molar-refractivity contribution in [1.29, 1.82) is 5.26 Å². The fourth-order valence-electron chi connectivity index (χ4n) is 2.06. The number of nitriles is 1. The Morgan fingerprint density at radius 2 is 2.25 bits per heavy atom. The molecule has 0 heterocycles. The van der Waals surface area contributed by atoms with E-state index in [-0.39, 0.29) is 11.4 Å². The Morgan fingerprint density at radius 1 is 1.55 bits per heavy atom. The number of nitrogens with one attached hydrogen (secondary N) is 1. The third-order valence-corrected chi connectivity index (χ3v) is 3.38. The van der Waals surface area contributed by atoms with Crippen molar-refractivity contribution in [3.8, 4) is 6.07 Å². The van der Waals surface area contributed by atoms with Gasteiger partial charge in [0.15, 0.2) is 0 Å². The molecular weight excluding hydrogens is 255 g/mol. The summed E-state index contributed by atoms with van der Waals surface area (Å²) in [6.45, 7) is 1.87. The van der Waals surface area contributed by atoms with Crippen molar-refractivity contribution in [2.24, 2.45) is 5.92 Å². The number of nitrogens with zero attached hydrogens (tertiary/aromatic N) is 1. The number of rotatable bonds is 5. The molecule has 0 spiro atoms. The van der Waals surface area contributed by atoms with Gasteiger partial charge in [-0.2, -0.15) is 5.26 Å². The van der Waals surface area contributed by atoms with Crippen LogP contribution in [0.1, 0.15) is 37.8 Å². The molecule has 0 unspecified atom stereocenters. The van der Waals surface area contributed by atoms with E-state index in [4.69, 9.17) is 5.26 Å². The second-order valence-electron chi connectivity index (χ2n) is 4.99. The number of carbonyl (C=O) groups is 1. The Bertz CT molecular complexity index is 570. The van der Waals surface area contributed by atoms with Gasteiger partial charge in [-0.15, -0.1) is 0 Å². The van der Waals surface area contributed by atoms with Crippen molar-refractivity contribution in [3.05, 3.63) is 47.3 Å². The lowest BCUT2D eigenvalue weighted by molar-refractivity contribution is -0.117. The van der Waals surface area contributed by atoms with Crippen molar-refractivity contribution in [2.75, 3.05) is 0 Å². The third-order valence-electron chi connectivity index (χ3n) is 3.38. The molecule has 20 heavy (non-hydrogen) atoms. The van der Waals surface area contributed by atoms with E-state index >= 15 is 0 Å². The maximum Gasteiger partial charge on any atom is 0.262 e. The van der Waals surface area contributed by atoms with Crippen molar-refractivity contribution >= 4 is 5.91 Å². The summed E-state index contributed by atoms with van der Waals surface area (Å²) in [6.07, 6.45) is 4.34. The molecule has 4 heteroatoms. The molecule has 3 nitrogen and oxygen atoms in total. The minimum atomic E-state index is -0.422. The molecule has 1 aromatic carbocycles. The van der Waals surface area contributed by atoms with Gasteiger partial charge in [-0.25, -0.2) is 4.39 Å². The molecule has 1 aliphatic carbocycles. The zero-order valence-electron chi connectivity index (χ0n) is 11.4. The van der Waals surface area contributed by atoms with Crippen molar-refractivity contribution in [2.45, 2.75) is 32.2 Å². The van der Waals surface area contributed by atoms with Gasteiger partial charge < -0.3 is 5.32 Å².